The molecule has 0 radical (unpaired) electrons. The number of fused-ring (bicyclic) bond motifs is 3. The number of rotatable bonds is 6. The molecule has 1 amide bonds. The molecule has 2 atom stereocenters. The van der Waals surface area contributed by atoms with Crippen molar-refractivity contribution in [1.29, 1.82) is 0 Å². The van der Waals surface area contributed by atoms with E-state index < -0.39 is 17.9 Å². The van der Waals surface area contributed by atoms with Crippen molar-refractivity contribution in [2.24, 2.45) is 10.9 Å². The molecule has 0 saturated carbocycles. The summed E-state index contributed by atoms with van der Waals surface area (Å²) in [5.41, 5.74) is 4.05. The molecule has 8 nitrogen and oxygen atoms in total. The number of carbonyl (C=O) groups is 2. The highest BCUT2D eigenvalue weighted by Gasteiger charge is 2.37. The van der Waals surface area contributed by atoms with Crippen LogP contribution in [0, 0.1) is 26.7 Å². The molecule has 3 heterocycles. The summed E-state index contributed by atoms with van der Waals surface area (Å²) in [6, 6.07) is 6.67. The van der Waals surface area contributed by atoms with Crippen LogP contribution >= 0.6 is 11.3 Å². The number of hydrogen-bond acceptors (Lipinski definition) is 6. The Bertz CT molecular complexity index is 1300. The number of amides is 1. The van der Waals surface area contributed by atoms with Crippen LogP contribution in [0.5, 0.6) is 0 Å². The van der Waals surface area contributed by atoms with Crippen molar-refractivity contribution < 1.29 is 14.7 Å². The normalized spacial score (nSPS) is 15.6. The fourth-order valence-corrected chi connectivity index (χ4v) is 5.30. The summed E-state index contributed by atoms with van der Waals surface area (Å²) >= 11 is 1.61. The Morgan fingerprint density at radius 3 is 2.73 bits per heavy atom. The fraction of sp³-hybridized carbons (Fsp3) is 0.292. The average molecular weight is 464 g/mol. The van der Waals surface area contributed by atoms with Gasteiger partial charge < -0.3 is 10.4 Å². The maximum absolute atomic E-state index is 12.2. The highest BCUT2D eigenvalue weighted by atomic mass is 32.1. The molecule has 1 aromatic carbocycles. The van der Waals surface area contributed by atoms with Crippen LogP contribution in [0.15, 0.2) is 41.9 Å². The monoisotopic (exact) mass is 463 g/mol. The van der Waals surface area contributed by atoms with Crippen LogP contribution in [0.3, 0.4) is 0 Å². The first kappa shape index (κ1) is 22.6. The van der Waals surface area contributed by atoms with Crippen molar-refractivity contribution in [1.82, 2.24) is 14.8 Å². The van der Waals surface area contributed by atoms with Crippen molar-refractivity contribution >= 4 is 34.6 Å². The molecule has 4 rings (SSSR count). The van der Waals surface area contributed by atoms with Gasteiger partial charge in [0.1, 0.15) is 16.9 Å². The number of aryl methyl sites for hydroxylation is 2. The molecule has 2 unspecified atom stereocenters. The van der Waals surface area contributed by atoms with Gasteiger partial charge in [0.2, 0.25) is 5.91 Å². The molecule has 0 saturated heterocycles. The van der Waals surface area contributed by atoms with Gasteiger partial charge in [-0.1, -0.05) is 25.6 Å². The lowest BCUT2D eigenvalue weighted by atomic mass is 9.95. The second kappa shape index (κ2) is 8.74. The van der Waals surface area contributed by atoms with Crippen LogP contribution in [-0.2, 0) is 9.59 Å². The van der Waals surface area contributed by atoms with Crippen molar-refractivity contribution in [3.63, 3.8) is 0 Å². The lowest BCUT2D eigenvalue weighted by molar-refractivity contribution is -0.142. The number of carbonyl (C=O) groups excluding carboxylic acids is 1. The Kier molecular flexibility index (Phi) is 5.99. The van der Waals surface area contributed by atoms with Gasteiger partial charge in [0.05, 0.1) is 11.6 Å². The minimum Gasteiger partial charge on any atom is -0.481 e. The van der Waals surface area contributed by atoms with Crippen LogP contribution in [0.4, 0.5) is 5.69 Å². The molecular formula is C24H25N5O3S. The Labute approximate surface area is 195 Å². The summed E-state index contributed by atoms with van der Waals surface area (Å²) < 4.78 is 1.94. The summed E-state index contributed by atoms with van der Waals surface area (Å²) in [6.45, 7) is 11.3. The largest absolute Gasteiger partial charge is 0.481 e. The van der Waals surface area contributed by atoms with E-state index >= 15 is 0 Å². The number of anilines is 1. The molecule has 0 aliphatic carbocycles. The minimum absolute atomic E-state index is 0.310. The maximum atomic E-state index is 12.2. The Morgan fingerprint density at radius 2 is 2.06 bits per heavy atom. The number of thiophene rings is 1. The van der Waals surface area contributed by atoms with Gasteiger partial charge >= 0.3 is 5.97 Å². The molecule has 9 heteroatoms. The van der Waals surface area contributed by atoms with E-state index in [-0.39, 0.29) is 5.91 Å². The molecular weight excluding hydrogens is 438 g/mol. The number of hydrogen-bond donors (Lipinski definition) is 2. The third-order valence-electron chi connectivity index (χ3n) is 5.92. The van der Waals surface area contributed by atoms with Crippen molar-refractivity contribution in [3.8, 4) is 5.00 Å². The summed E-state index contributed by atoms with van der Waals surface area (Å²) in [4.78, 5) is 30.2. The van der Waals surface area contributed by atoms with Gasteiger partial charge in [-0.05, 0) is 51.0 Å². The van der Waals surface area contributed by atoms with Gasteiger partial charge in [-0.3, -0.25) is 19.1 Å². The Balaban J connectivity index is 2.00. The number of nitrogens with zero attached hydrogens (tertiary/aromatic N) is 4. The zero-order valence-corrected chi connectivity index (χ0v) is 19.7. The zero-order chi connectivity index (χ0) is 23.9. The SMILES string of the molecule is C=CC(=O)Nc1cccc(C2=NC(C(CC)C(=O)O)c3nnc(C)n3-c3sc(C)c(C)c32)c1. The van der Waals surface area contributed by atoms with E-state index in [2.05, 4.69) is 29.0 Å². The van der Waals surface area contributed by atoms with Crippen LogP contribution in [0.1, 0.15) is 52.6 Å². The third kappa shape index (κ3) is 3.89. The molecule has 3 aromatic rings. The summed E-state index contributed by atoms with van der Waals surface area (Å²) in [6.07, 6.45) is 1.60. The maximum Gasteiger partial charge on any atom is 0.309 e. The predicted molar refractivity (Wildman–Crippen MR) is 129 cm³/mol. The van der Waals surface area contributed by atoms with E-state index in [0.29, 0.717) is 29.5 Å². The van der Waals surface area contributed by atoms with E-state index in [1.807, 2.05) is 43.5 Å². The fourth-order valence-electron chi connectivity index (χ4n) is 4.09. The molecule has 0 fully saturated rings. The lowest BCUT2D eigenvalue weighted by Gasteiger charge is -2.19. The quantitative estimate of drug-likeness (QED) is 0.527. The van der Waals surface area contributed by atoms with Crippen molar-refractivity contribution in [3.05, 3.63) is 70.1 Å². The van der Waals surface area contributed by atoms with E-state index in [1.54, 1.807) is 17.4 Å². The van der Waals surface area contributed by atoms with Crippen molar-refractivity contribution in [2.75, 3.05) is 5.32 Å². The third-order valence-corrected chi connectivity index (χ3v) is 7.11. The van der Waals surface area contributed by atoms with Gasteiger partial charge in [-0.25, -0.2) is 0 Å². The van der Waals surface area contributed by atoms with Gasteiger partial charge in [-0.2, -0.15) is 0 Å². The first-order chi connectivity index (χ1) is 15.8. The Hall–Kier alpha value is -3.59. The molecule has 170 valence electrons. The minimum atomic E-state index is -0.928. The summed E-state index contributed by atoms with van der Waals surface area (Å²) in [5.74, 6) is -0.796. The van der Waals surface area contributed by atoms with E-state index in [9.17, 15) is 14.7 Å². The second-order valence-electron chi connectivity index (χ2n) is 7.95. The Morgan fingerprint density at radius 1 is 1.30 bits per heavy atom. The molecule has 33 heavy (non-hydrogen) atoms. The van der Waals surface area contributed by atoms with Crippen LogP contribution in [0.2, 0.25) is 0 Å². The topological polar surface area (TPSA) is 109 Å². The van der Waals surface area contributed by atoms with Crippen LogP contribution < -0.4 is 5.32 Å². The molecule has 0 bridgehead atoms. The van der Waals surface area contributed by atoms with E-state index in [1.165, 1.54) is 6.08 Å². The van der Waals surface area contributed by atoms with E-state index in [0.717, 1.165) is 26.6 Å². The highest BCUT2D eigenvalue weighted by molar-refractivity contribution is 7.15. The highest BCUT2D eigenvalue weighted by Crippen LogP contribution is 2.41. The second-order valence-corrected chi connectivity index (χ2v) is 9.16. The predicted octanol–water partition coefficient (Wildman–Crippen LogP) is 4.38. The molecule has 0 spiro atoms. The number of benzene rings is 1. The van der Waals surface area contributed by atoms with Gasteiger partial charge in [0.15, 0.2) is 5.82 Å². The summed E-state index contributed by atoms with van der Waals surface area (Å²) in [7, 11) is 0. The van der Waals surface area contributed by atoms with Gasteiger partial charge in [0.25, 0.3) is 0 Å². The number of aliphatic carboxylic acids is 1. The number of carboxylic acid groups (broad SMARTS) is 1. The van der Waals surface area contributed by atoms with Crippen LogP contribution in [-0.4, -0.2) is 37.5 Å². The smallest absolute Gasteiger partial charge is 0.309 e. The number of carboxylic acids is 1. The van der Waals surface area contributed by atoms with E-state index in [4.69, 9.17) is 4.99 Å². The van der Waals surface area contributed by atoms with Gasteiger partial charge in [-0.15, -0.1) is 21.5 Å². The van der Waals surface area contributed by atoms with Crippen molar-refractivity contribution in [2.45, 2.75) is 40.2 Å². The van der Waals surface area contributed by atoms with Crippen LogP contribution in [0.25, 0.3) is 5.00 Å². The average Bonchev–Trinajstić information content (AvgIpc) is 3.25. The molecule has 2 aromatic heterocycles. The summed E-state index contributed by atoms with van der Waals surface area (Å²) in [5, 5.41) is 22.3. The molecule has 1 aliphatic heterocycles. The standard InChI is InChI=1S/C24H25N5O3S/c1-6-17(24(31)32)21-22-28-27-14(5)29(22)23-19(12(3)13(4)33-23)20(26-21)15-9-8-10-16(11-15)25-18(30)7-2/h7-11,17,21H,2,6H2,1,3-5H3,(H,25,30)(H,31,32). The number of nitrogens with one attached hydrogen (secondary N) is 1. The number of aliphatic imine (C=N–C) groups is 1. The molecule has 1 aliphatic rings. The van der Waals surface area contributed by atoms with Gasteiger partial charge in [0, 0.05) is 21.7 Å². The molecule has 2 N–H and O–H groups in total. The first-order valence-electron chi connectivity index (χ1n) is 10.6. The lowest BCUT2D eigenvalue weighted by Crippen LogP contribution is -2.23. The zero-order valence-electron chi connectivity index (χ0n) is 18.9. The number of aromatic nitrogens is 3. The first-order valence-corrected chi connectivity index (χ1v) is 11.5.